The van der Waals surface area contributed by atoms with Gasteiger partial charge in [-0.25, -0.2) is 5.01 Å². The average molecular weight is 386 g/mol. The van der Waals surface area contributed by atoms with Gasteiger partial charge in [0.25, 0.3) is 5.91 Å². The highest BCUT2D eigenvalue weighted by atomic mass is 32.2. The fraction of sp³-hybridized carbons (Fsp3) is 0.167. The van der Waals surface area contributed by atoms with Crippen molar-refractivity contribution in [3.63, 3.8) is 0 Å². The Labute approximate surface area is 160 Å². The van der Waals surface area contributed by atoms with E-state index < -0.39 is 11.3 Å². The maximum atomic E-state index is 12.3. The second kappa shape index (κ2) is 7.76. The number of hydrogen-bond acceptors (Lipinski definition) is 5. The van der Waals surface area contributed by atoms with E-state index in [-0.39, 0.29) is 22.3 Å². The Morgan fingerprint density at radius 1 is 1.23 bits per heavy atom. The predicted molar refractivity (Wildman–Crippen MR) is 103 cm³/mol. The fourth-order valence-corrected chi connectivity index (χ4v) is 4.00. The molecular weight excluding hydrogens is 370 g/mol. The number of carbonyl (C=O) groups is 2. The summed E-state index contributed by atoms with van der Waals surface area (Å²) in [5.41, 5.74) is 5.28. The van der Waals surface area contributed by atoms with Crippen molar-refractivity contribution < 1.29 is 14.7 Å². The van der Waals surface area contributed by atoms with Crippen molar-refractivity contribution >= 4 is 46.7 Å². The number of thioether (sulfide) groups is 1. The molecule has 0 aromatic heterocycles. The highest BCUT2D eigenvalue weighted by Gasteiger charge is 2.35. The van der Waals surface area contributed by atoms with Gasteiger partial charge in [0.15, 0.2) is 5.11 Å². The molecule has 8 heteroatoms. The minimum Gasteiger partial charge on any atom is -0.545 e. The molecule has 2 aromatic rings. The number of thiocarbonyl (C=S) groups is 1. The zero-order chi connectivity index (χ0) is 18.7. The molecule has 0 spiro atoms. The molecule has 0 unspecified atom stereocenters. The van der Waals surface area contributed by atoms with Crippen LogP contribution in [0.25, 0.3) is 0 Å². The van der Waals surface area contributed by atoms with Gasteiger partial charge in [0.1, 0.15) is 5.37 Å². The molecule has 1 aliphatic rings. The molecule has 1 heterocycles. The van der Waals surface area contributed by atoms with Crippen molar-refractivity contribution in [1.82, 2.24) is 10.4 Å². The number of nitrogens with one attached hydrogen (secondary N) is 2. The van der Waals surface area contributed by atoms with Gasteiger partial charge < -0.3 is 15.2 Å². The SMILES string of the molecule is Cc1ccccc1NC(=S)NN1C(=O)CS[C@@H]1c1ccccc1C(=O)[O-]. The molecule has 2 aromatic carbocycles. The van der Waals surface area contributed by atoms with Crippen molar-refractivity contribution in [2.24, 2.45) is 0 Å². The van der Waals surface area contributed by atoms with E-state index in [2.05, 4.69) is 10.7 Å². The van der Waals surface area contributed by atoms with Gasteiger partial charge in [-0.3, -0.25) is 10.2 Å². The number of benzene rings is 2. The molecule has 1 amide bonds. The number of hydrazine groups is 1. The number of aromatic carboxylic acids is 1. The summed E-state index contributed by atoms with van der Waals surface area (Å²) in [5.74, 6) is -1.23. The maximum absolute atomic E-state index is 12.3. The van der Waals surface area contributed by atoms with E-state index in [0.29, 0.717) is 5.56 Å². The molecule has 2 N–H and O–H groups in total. The molecule has 0 saturated carbocycles. The number of carbonyl (C=O) groups excluding carboxylic acids is 2. The summed E-state index contributed by atoms with van der Waals surface area (Å²) >= 11 is 6.65. The number of carboxylic acid groups (broad SMARTS) is 1. The van der Waals surface area contributed by atoms with Gasteiger partial charge >= 0.3 is 0 Å². The molecule has 6 nitrogen and oxygen atoms in total. The first kappa shape index (κ1) is 18.2. The maximum Gasteiger partial charge on any atom is 0.252 e. The largest absolute Gasteiger partial charge is 0.545 e. The van der Waals surface area contributed by atoms with Crippen LogP contribution in [0.4, 0.5) is 5.69 Å². The molecule has 1 fully saturated rings. The monoisotopic (exact) mass is 386 g/mol. The van der Waals surface area contributed by atoms with Crippen LogP contribution in [0.2, 0.25) is 0 Å². The predicted octanol–water partition coefficient (Wildman–Crippen LogP) is 1.83. The van der Waals surface area contributed by atoms with Gasteiger partial charge in [0.05, 0.1) is 11.7 Å². The quantitative estimate of drug-likeness (QED) is 0.776. The number of aryl methyl sites for hydroxylation is 1. The van der Waals surface area contributed by atoms with E-state index in [0.717, 1.165) is 11.3 Å². The highest BCUT2D eigenvalue weighted by molar-refractivity contribution is 8.00. The van der Waals surface area contributed by atoms with Crippen molar-refractivity contribution in [3.8, 4) is 0 Å². The summed E-state index contributed by atoms with van der Waals surface area (Å²) in [5, 5.41) is 15.6. The van der Waals surface area contributed by atoms with Gasteiger partial charge in [0.2, 0.25) is 0 Å². The summed E-state index contributed by atoms with van der Waals surface area (Å²) in [6.07, 6.45) is 0. The number of amides is 1. The molecule has 1 saturated heterocycles. The lowest BCUT2D eigenvalue weighted by atomic mass is 10.1. The lowest BCUT2D eigenvalue weighted by molar-refractivity contribution is -0.255. The minimum absolute atomic E-state index is 0.0595. The lowest BCUT2D eigenvalue weighted by Gasteiger charge is -2.27. The Balaban J connectivity index is 1.80. The third-order valence-electron chi connectivity index (χ3n) is 3.93. The zero-order valence-electron chi connectivity index (χ0n) is 13.9. The van der Waals surface area contributed by atoms with Crippen LogP contribution >= 0.6 is 24.0 Å². The van der Waals surface area contributed by atoms with Crippen molar-refractivity contribution in [1.29, 1.82) is 0 Å². The Morgan fingerprint density at radius 2 is 1.92 bits per heavy atom. The molecular formula is C18H16N3O3S2-. The average Bonchev–Trinajstić information content (AvgIpc) is 2.97. The second-order valence-corrected chi connectivity index (χ2v) is 7.16. The second-order valence-electron chi connectivity index (χ2n) is 5.68. The Bertz CT molecular complexity index is 872. The van der Waals surface area contributed by atoms with Gasteiger partial charge in [0, 0.05) is 11.3 Å². The van der Waals surface area contributed by atoms with E-state index >= 15 is 0 Å². The molecule has 26 heavy (non-hydrogen) atoms. The summed E-state index contributed by atoms with van der Waals surface area (Å²) in [6.45, 7) is 1.95. The number of hydrogen-bond donors (Lipinski definition) is 2. The molecule has 1 atom stereocenters. The number of para-hydroxylation sites is 1. The normalized spacial score (nSPS) is 16.4. The third kappa shape index (κ3) is 3.81. The molecule has 0 aliphatic carbocycles. The van der Waals surface area contributed by atoms with Crippen LogP contribution in [0.3, 0.4) is 0 Å². The molecule has 134 valence electrons. The smallest absolute Gasteiger partial charge is 0.252 e. The molecule has 0 radical (unpaired) electrons. The van der Waals surface area contributed by atoms with Gasteiger partial charge in [-0.05, 0) is 36.3 Å². The van der Waals surface area contributed by atoms with Crippen LogP contribution in [-0.4, -0.2) is 27.8 Å². The zero-order valence-corrected chi connectivity index (χ0v) is 15.5. The van der Waals surface area contributed by atoms with Crippen molar-refractivity contribution in [3.05, 3.63) is 65.2 Å². The minimum atomic E-state index is -1.28. The molecule has 3 rings (SSSR count). The number of rotatable bonds is 4. The molecule has 1 aliphatic heterocycles. The van der Waals surface area contributed by atoms with Gasteiger partial charge in [-0.2, -0.15) is 0 Å². The Kier molecular flexibility index (Phi) is 5.43. The van der Waals surface area contributed by atoms with Crippen LogP contribution in [-0.2, 0) is 4.79 Å². The Morgan fingerprint density at radius 3 is 2.65 bits per heavy atom. The fourth-order valence-electron chi connectivity index (χ4n) is 2.65. The standard InChI is InChI=1S/C18H17N3O3S2/c1-11-6-2-5-9-14(11)19-18(25)20-21-15(22)10-26-16(21)12-7-3-4-8-13(12)17(23)24/h2-9,16H,10H2,1H3,(H,23,24)(H2,19,20,25)/p-1/t16-/m1/s1. The van der Waals surface area contributed by atoms with Crippen molar-refractivity contribution in [2.45, 2.75) is 12.3 Å². The van der Waals surface area contributed by atoms with Gasteiger partial charge in [-0.15, -0.1) is 11.8 Å². The molecule has 0 bridgehead atoms. The summed E-state index contributed by atoms with van der Waals surface area (Å²) in [6, 6.07) is 14.1. The topological polar surface area (TPSA) is 84.5 Å². The first-order valence-electron chi connectivity index (χ1n) is 7.84. The van der Waals surface area contributed by atoms with E-state index in [4.69, 9.17) is 12.2 Å². The van der Waals surface area contributed by atoms with Crippen LogP contribution in [0.1, 0.15) is 26.9 Å². The third-order valence-corrected chi connectivity index (χ3v) is 5.32. The number of carboxylic acids is 1. The summed E-state index contributed by atoms with van der Waals surface area (Å²) in [7, 11) is 0. The Hall–Kier alpha value is -2.58. The van der Waals surface area contributed by atoms with Crippen LogP contribution < -0.4 is 15.8 Å². The number of anilines is 1. The van der Waals surface area contributed by atoms with Crippen molar-refractivity contribution in [2.75, 3.05) is 11.1 Å². The summed E-state index contributed by atoms with van der Waals surface area (Å²) < 4.78 is 0. The first-order chi connectivity index (χ1) is 12.5. The number of nitrogens with zero attached hydrogens (tertiary/aromatic N) is 1. The van der Waals surface area contributed by atoms with E-state index in [1.807, 2.05) is 31.2 Å². The van der Waals surface area contributed by atoms with Gasteiger partial charge in [-0.1, -0.05) is 42.5 Å². The highest BCUT2D eigenvalue weighted by Crippen LogP contribution is 2.38. The van der Waals surface area contributed by atoms with E-state index in [1.165, 1.54) is 22.8 Å². The van der Waals surface area contributed by atoms with Crippen LogP contribution in [0.5, 0.6) is 0 Å². The summed E-state index contributed by atoms with van der Waals surface area (Å²) in [4.78, 5) is 23.7. The van der Waals surface area contributed by atoms with E-state index in [1.54, 1.807) is 18.2 Å². The van der Waals surface area contributed by atoms with Crippen LogP contribution in [0.15, 0.2) is 48.5 Å². The van der Waals surface area contributed by atoms with Crippen LogP contribution in [0, 0.1) is 6.92 Å². The lowest BCUT2D eigenvalue weighted by Crippen LogP contribution is -2.46. The van der Waals surface area contributed by atoms with E-state index in [9.17, 15) is 14.7 Å². The first-order valence-corrected chi connectivity index (χ1v) is 9.30.